The van der Waals surface area contributed by atoms with Crippen molar-refractivity contribution >= 4 is 0 Å². The van der Waals surface area contributed by atoms with E-state index in [1.807, 2.05) is 0 Å². The molecule has 1 aliphatic carbocycles. The number of benzene rings is 1. The first kappa shape index (κ1) is 14.1. The topological polar surface area (TPSA) is 15.3 Å². The van der Waals surface area contributed by atoms with Gasteiger partial charge in [-0.3, -0.25) is 0 Å². The molecule has 1 saturated heterocycles. The normalized spacial score (nSPS) is 28.2. The molecular formula is C18H28N2. The Morgan fingerprint density at radius 1 is 1.05 bits per heavy atom. The fourth-order valence-corrected chi connectivity index (χ4v) is 3.72. The van der Waals surface area contributed by atoms with Crippen molar-refractivity contribution in [2.75, 3.05) is 19.6 Å². The first-order valence-electron chi connectivity index (χ1n) is 8.38. The predicted octanol–water partition coefficient (Wildman–Crippen LogP) is 3.40. The van der Waals surface area contributed by atoms with E-state index in [2.05, 4.69) is 47.5 Å². The van der Waals surface area contributed by atoms with Gasteiger partial charge in [0.25, 0.3) is 0 Å². The molecule has 2 aliphatic rings. The quantitative estimate of drug-likeness (QED) is 0.884. The maximum absolute atomic E-state index is 3.89. The van der Waals surface area contributed by atoms with E-state index in [0.717, 1.165) is 18.0 Å². The molecule has 2 nitrogen and oxygen atoms in total. The van der Waals surface area contributed by atoms with Crippen LogP contribution in [-0.4, -0.2) is 36.6 Å². The summed E-state index contributed by atoms with van der Waals surface area (Å²) in [4.78, 5) is 2.62. The lowest BCUT2D eigenvalue weighted by Gasteiger charge is -2.41. The van der Waals surface area contributed by atoms with Crippen LogP contribution in [0.25, 0.3) is 0 Å². The number of likely N-dealkylation sites (tertiary alicyclic amines) is 1. The van der Waals surface area contributed by atoms with Gasteiger partial charge in [-0.15, -0.1) is 0 Å². The Hall–Kier alpha value is -0.860. The summed E-state index contributed by atoms with van der Waals surface area (Å²) in [7, 11) is 0. The van der Waals surface area contributed by atoms with Crippen LogP contribution in [0, 0.1) is 0 Å². The van der Waals surface area contributed by atoms with E-state index in [4.69, 9.17) is 0 Å². The van der Waals surface area contributed by atoms with Gasteiger partial charge < -0.3 is 10.2 Å². The molecule has 0 atom stereocenters. The van der Waals surface area contributed by atoms with Gasteiger partial charge in [-0.2, -0.15) is 0 Å². The van der Waals surface area contributed by atoms with Gasteiger partial charge in [0.1, 0.15) is 0 Å². The molecule has 1 saturated carbocycles. The molecule has 0 amide bonds. The molecule has 1 aromatic carbocycles. The van der Waals surface area contributed by atoms with Crippen LogP contribution >= 0.6 is 0 Å². The van der Waals surface area contributed by atoms with Crippen molar-refractivity contribution in [3.63, 3.8) is 0 Å². The highest BCUT2D eigenvalue weighted by atomic mass is 15.1. The van der Waals surface area contributed by atoms with E-state index in [0.29, 0.717) is 0 Å². The van der Waals surface area contributed by atoms with Gasteiger partial charge in [0.2, 0.25) is 0 Å². The van der Waals surface area contributed by atoms with Crippen LogP contribution in [0.3, 0.4) is 0 Å². The molecule has 1 aromatic rings. The summed E-state index contributed by atoms with van der Waals surface area (Å²) >= 11 is 0. The molecule has 20 heavy (non-hydrogen) atoms. The van der Waals surface area contributed by atoms with Crippen LogP contribution in [-0.2, 0) is 0 Å². The van der Waals surface area contributed by atoms with Gasteiger partial charge in [0, 0.05) is 12.1 Å². The Balaban J connectivity index is 1.37. The smallest absolute Gasteiger partial charge is 0.00940 e. The number of nitrogens with one attached hydrogen (secondary N) is 1. The molecule has 0 unspecified atom stereocenters. The molecule has 1 N–H and O–H groups in total. The number of hydrogen-bond acceptors (Lipinski definition) is 2. The average Bonchev–Trinajstić information content (AvgIpc) is 2.45. The summed E-state index contributed by atoms with van der Waals surface area (Å²) in [6.07, 6.45) is 6.64. The monoisotopic (exact) mass is 272 g/mol. The Labute approximate surface area is 123 Å². The van der Waals surface area contributed by atoms with Gasteiger partial charge in [-0.25, -0.2) is 0 Å². The van der Waals surface area contributed by atoms with Crippen molar-refractivity contribution in [2.24, 2.45) is 0 Å². The zero-order valence-electron chi connectivity index (χ0n) is 12.7. The Morgan fingerprint density at radius 3 is 2.40 bits per heavy atom. The van der Waals surface area contributed by atoms with Crippen LogP contribution in [0.15, 0.2) is 30.3 Å². The summed E-state index contributed by atoms with van der Waals surface area (Å²) in [5.74, 6) is 0.800. The third-order valence-electron chi connectivity index (χ3n) is 5.01. The van der Waals surface area contributed by atoms with E-state index >= 15 is 0 Å². The van der Waals surface area contributed by atoms with Crippen LogP contribution in [0.5, 0.6) is 0 Å². The lowest BCUT2D eigenvalue weighted by Crippen LogP contribution is -2.50. The highest BCUT2D eigenvalue weighted by Gasteiger charge is 2.32. The lowest BCUT2D eigenvalue weighted by atomic mass is 9.75. The molecule has 0 bridgehead atoms. The number of nitrogens with zero attached hydrogens (tertiary/aromatic N) is 1. The Morgan fingerprint density at radius 2 is 1.75 bits per heavy atom. The first-order chi connectivity index (χ1) is 9.85. The molecule has 1 aliphatic heterocycles. The minimum atomic E-state index is 0.767. The zero-order chi connectivity index (χ0) is 13.8. The highest BCUT2D eigenvalue weighted by molar-refractivity contribution is 5.22. The van der Waals surface area contributed by atoms with E-state index in [1.54, 1.807) is 0 Å². The minimum absolute atomic E-state index is 0.767. The lowest BCUT2D eigenvalue weighted by molar-refractivity contribution is 0.171. The van der Waals surface area contributed by atoms with Crippen LogP contribution in [0.1, 0.15) is 50.5 Å². The molecule has 0 spiro atoms. The summed E-state index contributed by atoms with van der Waals surface area (Å²) in [5.41, 5.74) is 1.53. The molecular weight excluding hydrogens is 244 g/mol. The van der Waals surface area contributed by atoms with Gasteiger partial charge in [0.15, 0.2) is 0 Å². The fourth-order valence-electron chi connectivity index (χ4n) is 3.72. The van der Waals surface area contributed by atoms with Crippen molar-refractivity contribution in [3.05, 3.63) is 35.9 Å². The van der Waals surface area contributed by atoms with Gasteiger partial charge >= 0.3 is 0 Å². The molecule has 2 heteroatoms. The summed E-state index contributed by atoms with van der Waals surface area (Å²) in [6, 6.07) is 12.5. The molecule has 2 fully saturated rings. The summed E-state index contributed by atoms with van der Waals surface area (Å²) < 4.78 is 0. The predicted molar refractivity (Wildman–Crippen MR) is 85.1 cm³/mol. The number of hydrogen-bond donors (Lipinski definition) is 1. The maximum atomic E-state index is 3.89. The Bertz CT molecular complexity index is 389. The molecule has 1 heterocycles. The van der Waals surface area contributed by atoms with Crippen LogP contribution in [0.2, 0.25) is 0 Å². The average molecular weight is 272 g/mol. The van der Waals surface area contributed by atoms with Gasteiger partial charge in [0.05, 0.1) is 0 Å². The second kappa shape index (κ2) is 6.73. The standard InChI is InChI=1S/C18H28N2/c1-2-10-20-11-8-17(9-12-20)19-18-13-16(14-18)15-6-4-3-5-7-15/h3-7,16-19H,2,8-14H2,1H3. The number of rotatable bonds is 5. The Kier molecular flexibility index (Phi) is 4.74. The zero-order valence-corrected chi connectivity index (χ0v) is 12.7. The van der Waals surface area contributed by atoms with Crippen molar-refractivity contribution in [2.45, 2.75) is 57.0 Å². The highest BCUT2D eigenvalue weighted by Crippen LogP contribution is 2.37. The second-order valence-electron chi connectivity index (χ2n) is 6.56. The van der Waals surface area contributed by atoms with Crippen molar-refractivity contribution < 1.29 is 0 Å². The molecule has 3 rings (SSSR count). The summed E-state index contributed by atoms with van der Waals surface area (Å²) in [6.45, 7) is 6.15. The number of piperidine rings is 1. The van der Waals surface area contributed by atoms with E-state index in [-0.39, 0.29) is 0 Å². The second-order valence-corrected chi connectivity index (χ2v) is 6.56. The summed E-state index contributed by atoms with van der Waals surface area (Å²) in [5, 5.41) is 3.89. The molecule has 110 valence electrons. The van der Waals surface area contributed by atoms with Gasteiger partial charge in [-0.05, 0) is 63.2 Å². The third kappa shape index (κ3) is 3.42. The van der Waals surface area contributed by atoms with Gasteiger partial charge in [-0.1, -0.05) is 37.3 Å². The van der Waals surface area contributed by atoms with E-state index < -0.39 is 0 Å². The first-order valence-corrected chi connectivity index (χ1v) is 8.38. The van der Waals surface area contributed by atoms with Crippen molar-refractivity contribution in [1.82, 2.24) is 10.2 Å². The molecule has 0 radical (unpaired) electrons. The van der Waals surface area contributed by atoms with E-state index in [9.17, 15) is 0 Å². The van der Waals surface area contributed by atoms with E-state index in [1.165, 1.54) is 57.3 Å². The van der Waals surface area contributed by atoms with Crippen LogP contribution < -0.4 is 5.32 Å². The van der Waals surface area contributed by atoms with Crippen LogP contribution in [0.4, 0.5) is 0 Å². The SMILES string of the molecule is CCCN1CCC(NC2CC(c3ccccc3)C2)CC1. The fraction of sp³-hybridized carbons (Fsp3) is 0.667. The van der Waals surface area contributed by atoms with Crippen molar-refractivity contribution in [1.29, 1.82) is 0 Å². The van der Waals surface area contributed by atoms with Crippen molar-refractivity contribution in [3.8, 4) is 0 Å². The minimum Gasteiger partial charge on any atom is -0.311 e. The maximum Gasteiger partial charge on any atom is 0.00940 e. The third-order valence-corrected chi connectivity index (χ3v) is 5.01. The largest absolute Gasteiger partial charge is 0.311 e. The molecule has 0 aromatic heterocycles.